The quantitative estimate of drug-likeness (QED) is 0.941. The van der Waals surface area contributed by atoms with E-state index in [1.165, 1.54) is 5.69 Å². The van der Waals surface area contributed by atoms with Gasteiger partial charge in [-0.25, -0.2) is 4.98 Å². The van der Waals surface area contributed by atoms with Crippen LogP contribution in [0.4, 0.5) is 11.5 Å². The van der Waals surface area contributed by atoms with Crippen LogP contribution in [0.1, 0.15) is 13.8 Å². The molecule has 0 aliphatic carbocycles. The number of hydrogen-bond donors (Lipinski definition) is 1. The first-order valence-electron chi connectivity index (χ1n) is 7.80. The molecular weight excluding hydrogens is 274 g/mol. The summed E-state index contributed by atoms with van der Waals surface area (Å²) >= 11 is 0. The van der Waals surface area contributed by atoms with Gasteiger partial charge in [-0.15, -0.1) is 0 Å². The van der Waals surface area contributed by atoms with E-state index >= 15 is 0 Å². The van der Waals surface area contributed by atoms with Crippen LogP contribution in [0.5, 0.6) is 0 Å². The third-order valence-corrected chi connectivity index (χ3v) is 4.24. The zero-order valence-corrected chi connectivity index (χ0v) is 13.2. The van der Waals surface area contributed by atoms with Crippen LogP contribution in [0, 0.1) is 0 Å². The van der Waals surface area contributed by atoms with Crippen LogP contribution in [0.15, 0.2) is 36.7 Å². The summed E-state index contributed by atoms with van der Waals surface area (Å²) in [5.41, 5.74) is 8.77. The molecule has 0 amide bonds. The van der Waals surface area contributed by atoms with Gasteiger partial charge in [0.15, 0.2) is 0 Å². The minimum Gasteiger partial charge on any atom is -0.382 e. The lowest BCUT2D eigenvalue weighted by Gasteiger charge is -2.38. The maximum Gasteiger partial charge on any atom is 0.141 e. The van der Waals surface area contributed by atoms with Gasteiger partial charge in [0.2, 0.25) is 0 Å². The van der Waals surface area contributed by atoms with Crippen LogP contribution >= 0.6 is 0 Å². The summed E-state index contributed by atoms with van der Waals surface area (Å²) in [5, 5.41) is 0. The Morgan fingerprint density at radius 3 is 2.18 bits per heavy atom. The molecule has 0 bridgehead atoms. The van der Waals surface area contributed by atoms with Gasteiger partial charge in [0, 0.05) is 43.5 Å². The molecule has 2 N–H and O–H groups in total. The first-order valence-corrected chi connectivity index (χ1v) is 7.80. The lowest BCUT2D eigenvalue weighted by Crippen LogP contribution is -2.48. The van der Waals surface area contributed by atoms with Gasteiger partial charge in [0.1, 0.15) is 5.82 Å². The summed E-state index contributed by atoms with van der Waals surface area (Å²) in [6.45, 7) is 8.94. The number of nitrogens with zero attached hydrogens (tertiary/aromatic N) is 4. The van der Waals surface area contributed by atoms with Crippen LogP contribution in [-0.2, 0) is 0 Å². The molecule has 3 rings (SSSR count). The fraction of sp³-hybridized carbons (Fsp3) is 0.412. The van der Waals surface area contributed by atoms with Gasteiger partial charge in [-0.2, -0.15) is 0 Å². The van der Waals surface area contributed by atoms with Crippen molar-refractivity contribution >= 4 is 11.5 Å². The first kappa shape index (κ1) is 14.8. The maximum absolute atomic E-state index is 5.57. The minimum atomic E-state index is 0.448. The number of aromatic nitrogens is 2. The van der Waals surface area contributed by atoms with Gasteiger partial charge in [-0.1, -0.05) is 12.1 Å². The Labute approximate surface area is 131 Å². The Bertz CT molecular complexity index is 598. The summed E-state index contributed by atoms with van der Waals surface area (Å²) in [6.07, 6.45) is 3.31. The largest absolute Gasteiger partial charge is 0.382 e. The first-order chi connectivity index (χ1) is 10.6. The minimum absolute atomic E-state index is 0.448. The second-order valence-corrected chi connectivity index (χ2v) is 5.99. The van der Waals surface area contributed by atoms with Gasteiger partial charge in [0.25, 0.3) is 0 Å². The van der Waals surface area contributed by atoms with E-state index in [-0.39, 0.29) is 0 Å². The second-order valence-electron chi connectivity index (χ2n) is 5.99. The van der Waals surface area contributed by atoms with Crippen molar-refractivity contribution < 1.29 is 0 Å². The van der Waals surface area contributed by atoms with Crippen molar-refractivity contribution in [3.8, 4) is 11.3 Å². The van der Waals surface area contributed by atoms with Gasteiger partial charge >= 0.3 is 0 Å². The van der Waals surface area contributed by atoms with E-state index in [9.17, 15) is 0 Å². The number of nitrogens with two attached hydrogens (primary N) is 1. The highest BCUT2D eigenvalue weighted by atomic mass is 15.3. The van der Waals surface area contributed by atoms with E-state index in [2.05, 4.69) is 57.9 Å². The zero-order valence-electron chi connectivity index (χ0n) is 13.2. The standard InChI is InChI=1S/C17H23N5/c1-13(2)21-7-9-22(10-8-21)15-5-3-14(4-6-15)16-11-20-17(18)12-19-16/h3-6,11-13H,7-10H2,1-2H3,(H2,18,20). The van der Waals surface area contributed by atoms with Crippen LogP contribution in [0.25, 0.3) is 11.3 Å². The summed E-state index contributed by atoms with van der Waals surface area (Å²) in [6, 6.07) is 9.17. The summed E-state index contributed by atoms with van der Waals surface area (Å²) < 4.78 is 0. The van der Waals surface area contributed by atoms with Gasteiger partial charge in [-0.3, -0.25) is 9.88 Å². The van der Waals surface area contributed by atoms with Crippen molar-refractivity contribution in [2.45, 2.75) is 19.9 Å². The Morgan fingerprint density at radius 2 is 1.64 bits per heavy atom. The van der Waals surface area contributed by atoms with E-state index in [1.807, 2.05) is 0 Å². The third kappa shape index (κ3) is 3.20. The van der Waals surface area contributed by atoms with E-state index in [0.29, 0.717) is 11.9 Å². The van der Waals surface area contributed by atoms with Crippen molar-refractivity contribution in [1.29, 1.82) is 0 Å². The molecule has 1 aromatic heterocycles. The van der Waals surface area contributed by atoms with Crippen LogP contribution in [0.2, 0.25) is 0 Å². The molecule has 22 heavy (non-hydrogen) atoms. The maximum atomic E-state index is 5.57. The Morgan fingerprint density at radius 1 is 0.955 bits per heavy atom. The van der Waals surface area contributed by atoms with Crippen molar-refractivity contribution in [1.82, 2.24) is 14.9 Å². The number of anilines is 2. The second kappa shape index (κ2) is 6.32. The van der Waals surface area contributed by atoms with Crippen LogP contribution in [0.3, 0.4) is 0 Å². The SMILES string of the molecule is CC(C)N1CCN(c2ccc(-c3cnc(N)cn3)cc2)CC1. The topological polar surface area (TPSA) is 58.3 Å². The summed E-state index contributed by atoms with van der Waals surface area (Å²) in [4.78, 5) is 13.4. The van der Waals surface area contributed by atoms with Crippen molar-refractivity contribution in [3.63, 3.8) is 0 Å². The number of nitrogen functional groups attached to an aromatic ring is 1. The fourth-order valence-corrected chi connectivity index (χ4v) is 2.83. The predicted octanol–water partition coefficient (Wildman–Crippen LogP) is 2.26. The lowest BCUT2D eigenvalue weighted by atomic mass is 10.1. The highest BCUT2D eigenvalue weighted by Gasteiger charge is 2.18. The predicted molar refractivity (Wildman–Crippen MR) is 90.8 cm³/mol. The number of benzene rings is 1. The van der Waals surface area contributed by atoms with Crippen molar-refractivity contribution in [2.24, 2.45) is 0 Å². The summed E-state index contributed by atoms with van der Waals surface area (Å²) in [5.74, 6) is 0.448. The molecule has 5 nitrogen and oxygen atoms in total. The molecule has 5 heteroatoms. The van der Waals surface area contributed by atoms with Crippen molar-refractivity contribution in [3.05, 3.63) is 36.7 Å². The van der Waals surface area contributed by atoms with Crippen LogP contribution in [-0.4, -0.2) is 47.1 Å². The zero-order chi connectivity index (χ0) is 15.5. The molecule has 0 unspecified atom stereocenters. The summed E-state index contributed by atoms with van der Waals surface area (Å²) in [7, 11) is 0. The monoisotopic (exact) mass is 297 g/mol. The number of rotatable bonds is 3. The van der Waals surface area contributed by atoms with E-state index in [1.54, 1.807) is 12.4 Å². The molecule has 0 atom stereocenters. The van der Waals surface area contributed by atoms with Crippen molar-refractivity contribution in [2.75, 3.05) is 36.8 Å². The molecule has 0 radical (unpaired) electrons. The Kier molecular flexibility index (Phi) is 4.24. The molecule has 0 saturated carbocycles. The van der Waals surface area contributed by atoms with Gasteiger partial charge in [-0.05, 0) is 26.0 Å². The Balaban J connectivity index is 1.68. The molecule has 1 aliphatic heterocycles. The molecule has 1 aliphatic rings. The number of hydrogen-bond acceptors (Lipinski definition) is 5. The fourth-order valence-electron chi connectivity index (χ4n) is 2.83. The molecule has 1 fully saturated rings. The number of piperazine rings is 1. The molecular formula is C17H23N5. The molecule has 1 aromatic carbocycles. The van der Waals surface area contributed by atoms with Gasteiger partial charge in [0.05, 0.1) is 18.1 Å². The van der Waals surface area contributed by atoms with E-state index < -0.39 is 0 Å². The van der Waals surface area contributed by atoms with Gasteiger partial charge < -0.3 is 10.6 Å². The third-order valence-electron chi connectivity index (χ3n) is 4.24. The average Bonchev–Trinajstić information content (AvgIpc) is 2.56. The smallest absolute Gasteiger partial charge is 0.141 e. The highest BCUT2D eigenvalue weighted by molar-refractivity contribution is 5.63. The molecule has 2 aromatic rings. The van der Waals surface area contributed by atoms with E-state index in [4.69, 9.17) is 5.73 Å². The highest BCUT2D eigenvalue weighted by Crippen LogP contribution is 2.22. The van der Waals surface area contributed by atoms with Crippen LogP contribution < -0.4 is 10.6 Å². The molecule has 116 valence electrons. The Hall–Kier alpha value is -2.14. The molecule has 2 heterocycles. The normalized spacial score (nSPS) is 16.2. The van der Waals surface area contributed by atoms with E-state index in [0.717, 1.165) is 37.4 Å². The average molecular weight is 297 g/mol. The molecule has 0 spiro atoms. The lowest BCUT2D eigenvalue weighted by molar-refractivity contribution is 0.209. The molecule has 1 saturated heterocycles.